The molecule has 0 radical (unpaired) electrons. The molecule has 6 aromatic rings. The molecule has 0 fully saturated rings. The quantitative estimate of drug-likeness (QED) is 0.227. The van der Waals surface area contributed by atoms with Gasteiger partial charge in [0.2, 0.25) is 0 Å². The zero-order chi connectivity index (χ0) is 24.5. The van der Waals surface area contributed by atoms with Crippen LogP contribution in [0.3, 0.4) is 0 Å². The molecule has 172 valence electrons. The van der Waals surface area contributed by atoms with Gasteiger partial charge in [0.15, 0.2) is 0 Å². The van der Waals surface area contributed by atoms with Crippen molar-refractivity contribution in [3.05, 3.63) is 138 Å². The summed E-state index contributed by atoms with van der Waals surface area (Å²) in [6, 6.07) is 47.2. The van der Waals surface area contributed by atoms with Crippen molar-refractivity contribution >= 4 is 32.4 Å². The van der Waals surface area contributed by atoms with Crippen LogP contribution in [0.15, 0.2) is 138 Å². The minimum atomic E-state index is 0.757. The third-order valence-electron chi connectivity index (χ3n) is 6.69. The van der Waals surface area contributed by atoms with E-state index >= 15 is 0 Å². The SMILES string of the molecule is Nc1ccc(-c2ccc(-c3ccc4ccccc4c3)cc2)c(-c2ccccc2-c2ccc(Br)cc2)c1. The van der Waals surface area contributed by atoms with Crippen LogP contribution < -0.4 is 5.73 Å². The molecule has 0 aliphatic carbocycles. The average Bonchev–Trinajstić information content (AvgIpc) is 2.93. The van der Waals surface area contributed by atoms with E-state index in [2.05, 4.69) is 143 Å². The molecule has 2 N–H and O–H groups in total. The van der Waals surface area contributed by atoms with Crippen LogP contribution in [0, 0.1) is 0 Å². The van der Waals surface area contributed by atoms with Crippen molar-refractivity contribution in [1.82, 2.24) is 0 Å². The first-order valence-electron chi connectivity index (χ1n) is 12.0. The molecule has 6 rings (SSSR count). The molecule has 0 aliphatic rings. The summed E-state index contributed by atoms with van der Waals surface area (Å²) in [6.45, 7) is 0. The number of hydrogen-bond acceptors (Lipinski definition) is 1. The smallest absolute Gasteiger partial charge is 0.0320 e. The molecule has 0 heterocycles. The van der Waals surface area contributed by atoms with E-state index in [0.29, 0.717) is 0 Å². The molecule has 0 atom stereocenters. The summed E-state index contributed by atoms with van der Waals surface area (Å²) in [5.41, 5.74) is 16.5. The molecule has 2 heteroatoms. The lowest BCUT2D eigenvalue weighted by Gasteiger charge is -2.16. The number of fused-ring (bicyclic) bond motifs is 1. The Hall–Kier alpha value is -4.14. The second-order valence-corrected chi connectivity index (χ2v) is 9.91. The van der Waals surface area contributed by atoms with Gasteiger partial charge in [0.25, 0.3) is 0 Å². The highest BCUT2D eigenvalue weighted by Crippen LogP contribution is 2.40. The Labute approximate surface area is 220 Å². The number of hydrogen-bond donors (Lipinski definition) is 1. The first-order chi connectivity index (χ1) is 17.7. The third kappa shape index (κ3) is 4.32. The van der Waals surface area contributed by atoms with E-state index in [1.165, 1.54) is 49.7 Å². The Morgan fingerprint density at radius 3 is 1.69 bits per heavy atom. The van der Waals surface area contributed by atoms with Crippen LogP contribution in [-0.4, -0.2) is 0 Å². The van der Waals surface area contributed by atoms with Gasteiger partial charge in [-0.25, -0.2) is 0 Å². The number of rotatable bonds is 4. The number of anilines is 1. The van der Waals surface area contributed by atoms with E-state index in [1.54, 1.807) is 0 Å². The molecule has 36 heavy (non-hydrogen) atoms. The third-order valence-corrected chi connectivity index (χ3v) is 7.22. The predicted molar refractivity (Wildman–Crippen MR) is 158 cm³/mol. The van der Waals surface area contributed by atoms with E-state index in [-0.39, 0.29) is 0 Å². The molecule has 0 unspecified atom stereocenters. The standard InChI is InChI=1S/C34H24BrN/c35-29-17-15-26(16-18-29)31-7-3-4-8-33(31)34-22-30(36)19-20-32(34)25-12-9-24(10-13-25)28-14-11-23-5-1-2-6-27(23)21-28/h1-22H,36H2. The van der Waals surface area contributed by atoms with Crippen molar-refractivity contribution in [3.8, 4) is 44.5 Å². The van der Waals surface area contributed by atoms with Gasteiger partial charge in [-0.2, -0.15) is 0 Å². The monoisotopic (exact) mass is 525 g/mol. The second-order valence-electron chi connectivity index (χ2n) is 9.00. The summed E-state index contributed by atoms with van der Waals surface area (Å²) in [6.07, 6.45) is 0. The van der Waals surface area contributed by atoms with Gasteiger partial charge in [0.05, 0.1) is 0 Å². The van der Waals surface area contributed by atoms with Crippen LogP contribution in [0.5, 0.6) is 0 Å². The highest BCUT2D eigenvalue weighted by molar-refractivity contribution is 9.10. The van der Waals surface area contributed by atoms with Gasteiger partial charge in [-0.15, -0.1) is 0 Å². The summed E-state index contributed by atoms with van der Waals surface area (Å²) in [5, 5.41) is 2.51. The van der Waals surface area contributed by atoms with E-state index in [9.17, 15) is 0 Å². The molecule has 1 nitrogen and oxygen atoms in total. The van der Waals surface area contributed by atoms with Crippen LogP contribution in [0.2, 0.25) is 0 Å². The minimum absolute atomic E-state index is 0.757. The first kappa shape index (κ1) is 22.3. The molecule has 0 aliphatic heterocycles. The lowest BCUT2D eigenvalue weighted by atomic mass is 9.88. The van der Waals surface area contributed by atoms with Crippen molar-refractivity contribution in [2.24, 2.45) is 0 Å². The summed E-state index contributed by atoms with van der Waals surface area (Å²) < 4.78 is 1.07. The van der Waals surface area contributed by atoms with Gasteiger partial charge < -0.3 is 5.73 Å². The molecule has 0 aromatic heterocycles. The zero-order valence-electron chi connectivity index (χ0n) is 19.7. The number of halogens is 1. The Morgan fingerprint density at radius 2 is 0.944 bits per heavy atom. The molecular weight excluding hydrogens is 502 g/mol. The highest BCUT2D eigenvalue weighted by Gasteiger charge is 2.13. The summed E-state index contributed by atoms with van der Waals surface area (Å²) in [5.74, 6) is 0. The largest absolute Gasteiger partial charge is 0.399 e. The molecule has 0 spiro atoms. The van der Waals surface area contributed by atoms with Crippen LogP contribution >= 0.6 is 15.9 Å². The lowest BCUT2D eigenvalue weighted by molar-refractivity contribution is 1.55. The maximum atomic E-state index is 6.29. The molecule has 0 saturated heterocycles. The van der Waals surface area contributed by atoms with E-state index in [0.717, 1.165) is 15.7 Å². The summed E-state index contributed by atoms with van der Waals surface area (Å²) >= 11 is 3.55. The molecule has 6 aromatic carbocycles. The normalized spacial score (nSPS) is 11.0. The van der Waals surface area contributed by atoms with E-state index < -0.39 is 0 Å². The van der Waals surface area contributed by atoms with Crippen LogP contribution in [0.25, 0.3) is 55.3 Å². The van der Waals surface area contributed by atoms with E-state index in [1.807, 2.05) is 6.07 Å². The molecule has 0 saturated carbocycles. The topological polar surface area (TPSA) is 26.0 Å². The summed E-state index contributed by atoms with van der Waals surface area (Å²) in [7, 11) is 0. The first-order valence-corrected chi connectivity index (χ1v) is 12.8. The Balaban J connectivity index is 1.43. The van der Waals surface area contributed by atoms with Crippen LogP contribution in [-0.2, 0) is 0 Å². The fourth-order valence-electron chi connectivity index (χ4n) is 4.85. The number of nitrogen functional groups attached to an aromatic ring is 1. The Kier molecular flexibility index (Phi) is 5.88. The van der Waals surface area contributed by atoms with Crippen molar-refractivity contribution in [2.75, 3.05) is 5.73 Å². The van der Waals surface area contributed by atoms with Gasteiger partial charge in [-0.05, 0) is 85.6 Å². The Bertz CT molecular complexity index is 1680. The Morgan fingerprint density at radius 1 is 0.389 bits per heavy atom. The van der Waals surface area contributed by atoms with Gasteiger partial charge in [0.1, 0.15) is 0 Å². The highest BCUT2D eigenvalue weighted by atomic mass is 79.9. The van der Waals surface area contributed by atoms with E-state index in [4.69, 9.17) is 5.73 Å². The van der Waals surface area contributed by atoms with Gasteiger partial charge in [-0.1, -0.05) is 119 Å². The fraction of sp³-hybridized carbons (Fsp3) is 0. The van der Waals surface area contributed by atoms with Gasteiger partial charge >= 0.3 is 0 Å². The van der Waals surface area contributed by atoms with Gasteiger partial charge in [0, 0.05) is 10.2 Å². The number of benzene rings is 6. The average molecular weight is 526 g/mol. The minimum Gasteiger partial charge on any atom is -0.399 e. The van der Waals surface area contributed by atoms with Crippen molar-refractivity contribution in [1.29, 1.82) is 0 Å². The van der Waals surface area contributed by atoms with Crippen molar-refractivity contribution < 1.29 is 0 Å². The predicted octanol–water partition coefficient (Wildman–Crippen LogP) is 9.85. The number of nitrogens with two attached hydrogens (primary N) is 1. The maximum Gasteiger partial charge on any atom is 0.0320 e. The molecule has 0 bridgehead atoms. The molecule has 0 amide bonds. The van der Waals surface area contributed by atoms with Crippen molar-refractivity contribution in [3.63, 3.8) is 0 Å². The maximum absolute atomic E-state index is 6.29. The fourth-order valence-corrected chi connectivity index (χ4v) is 5.11. The second kappa shape index (κ2) is 9.49. The molecular formula is C34H24BrN. The zero-order valence-corrected chi connectivity index (χ0v) is 21.2. The van der Waals surface area contributed by atoms with Gasteiger partial charge in [-0.3, -0.25) is 0 Å². The van der Waals surface area contributed by atoms with Crippen molar-refractivity contribution in [2.45, 2.75) is 0 Å². The lowest BCUT2D eigenvalue weighted by Crippen LogP contribution is -1.92. The van der Waals surface area contributed by atoms with Crippen LogP contribution in [0.1, 0.15) is 0 Å². The van der Waals surface area contributed by atoms with Crippen LogP contribution in [0.4, 0.5) is 5.69 Å². The summed E-state index contributed by atoms with van der Waals surface area (Å²) in [4.78, 5) is 0.